The Morgan fingerprint density at radius 1 is 1.15 bits per heavy atom. The zero-order valence-corrected chi connectivity index (χ0v) is 19.6. The van der Waals surface area contributed by atoms with Crippen LogP contribution in [-0.2, 0) is 20.8 Å². The van der Waals surface area contributed by atoms with Gasteiger partial charge in [0.25, 0.3) is 5.91 Å². The van der Waals surface area contributed by atoms with E-state index in [1.807, 2.05) is 30.3 Å². The highest BCUT2D eigenvalue weighted by Gasteiger charge is 2.56. The first-order valence-corrected chi connectivity index (χ1v) is 11.8. The number of imide groups is 1. The summed E-state index contributed by atoms with van der Waals surface area (Å²) in [6, 6.07) is 8.30. The van der Waals surface area contributed by atoms with Crippen molar-refractivity contribution in [3.63, 3.8) is 0 Å². The lowest BCUT2D eigenvalue weighted by molar-refractivity contribution is -0.138. The van der Waals surface area contributed by atoms with Crippen LogP contribution in [0.1, 0.15) is 58.4 Å². The van der Waals surface area contributed by atoms with Crippen molar-refractivity contribution in [3.8, 4) is 0 Å². The van der Waals surface area contributed by atoms with Crippen molar-refractivity contribution in [2.24, 2.45) is 11.3 Å². The molecule has 5 amide bonds. The molecule has 0 radical (unpaired) electrons. The molecule has 3 unspecified atom stereocenters. The molecule has 0 aromatic heterocycles. The minimum absolute atomic E-state index is 0.0828. The van der Waals surface area contributed by atoms with Gasteiger partial charge in [-0.3, -0.25) is 19.3 Å². The van der Waals surface area contributed by atoms with Gasteiger partial charge in [0, 0.05) is 12.5 Å². The van der Waals surface area contributed by atoms with E-state index in [0.717, 1.165) is 29.7 Å². The van der Waals surface area contributed by atoms with Crippen LogP contribution in [0.3, 0.4) is 0 Å². The number of urea groups is 1. The molecule has 8 heteroatoms. The first kappa shape index (κ1) is 23.3. The molecule has 2 saturated carbocycles. The summed E-state index contributed by atoms with van der Waals surface area (Å²) in [5.41, 5.74) is -0.118. The summed E-state index contributed by atoms with van der Waals surface area (Å²) in [6.45, 7) is 5.89. The Balaban J connectivity index is 1.43. The van der Waals surface area contributed by atoms with Crippen LogP contribution in [0.2, 0.25) is 0 Å². The second kappa shape index (κ2) is 8.80. The van der Waals surface area contributed by atoms with Crippen molar-refractivity contribution in [1.29, 1.82) is 0 Å². The highest BCUT2D eigenvalue weighted by Crippen LogP contribution is 2.46. The average molecular weight is 455 g/mol. The maximum absolute atomic E-state index is 13.3. The Kier molecular flexibility index (Phi) is 6.20. The van der Waals surface area contributed by atoms with E-state index in [1.54, 1.807) is 0 Å². The molecule has 33 heavy (non-hydrogen) atoms. The summed E-state index contributed by atoms with van der Waals surface area (Å²) in [6.07, 6.45) is 4.32. The minimum atomic E-state index is -0.953. The highest BCUT2D eigenvalue weighted by atomic mass is 16.2. The number of amides is 5. The number of carbonyl (C=O) groups excluding carboxylic acids is 4. The second-order valence-electron chi connectivity index (χ2n) is 10.9. The molecule has 1 spiro atoms. The SMILES string of the molecule is CC1CC(C)(C)CC2(C1)NC(=O)N(CC(=O)NC(Cc1ccccc1)C(=O)NC1CC1)C2=O. The lowest BCUT2D eigenvalue weighted by atomic mass is 9.64. The monoisotopic (exact) mass is 454 g/mol. The van der Waals surface area contributed by atoms with Crippen LogP contribution in [0.4, 0.5) is 4.79 Å². The maximum Gasteiger partial charge on any atom is 0.325 e. The fraction of sp³-hybridized carbons (Fsp3) is 0.600. The smallest absolute Gasteiger partial charge is 0.325 e. The van der Waals surface area contributed by atoms with Crippen molar-refractivity contribution in [1.82, 2.24) is 20.9 Å². The number of nitrogens with zero attached hydrogens (tertiary/aromatic N) is 1. The van der Waals surface area contributed by atoms with Crippen molar-refractivity contribution in [2.45, 2.75) is 76.9 Å². The number of carbonyl (C=O) groups is 4. The molecule has 1 heterocycles. The predicted octanol–water partition coefficient (Wildman–Crippen LogP) is 2.13. The lowest BCUT2D eigenvalue weighted by Crippen LogP contribution is -2.55. The van der Waals surface area contributed by atoms with Crippen LogP contribution in [0.25, 0.3) is 0 Å². The molecule has 3 atom stereocenters. The van der Waals surface area contributed by atoms with E-state index < -0.39 is 30.1 Å². The van der Waals surface area contributed by atoms with Gasteiger partial charge in [0.1, 0.15) is 18.1 Å². The minimum Gasteiger partial charge on any atom is -0.352 e. The molecular weight excluding hydrogens is 420 g/mol. The molecule has 4 rings (SSSR count). The number of hydrogen-bond donors (Lipinski definition) is 3. The normalized spacial score (nSPS) is 27.2. The van der Waals surface area contributed by atoms with Gasteiger partial charge in [0.05, 0.1) is 0 Å². The zero-order chi connectivity index (χ0) is 23.8. The van der Waals surface area contributed by atoms with Crippen molar-refractivity contribution in [2.75, 3.05) is 6.54 Å². The first-order valence-electron chi connectivity index (χ1n) is 11.8. The van der Waals surface area contributed by atoms with Crippen molar-refractivity contribution >= 4 is 23.8 Å². The summed E-state index contributed by atoms with van der Waals surface area (Å²) in [7, 11) is 0. The van der Waals surface area contributed by atoms with Crippen molar-refractivity contribution in [3.05, 3.63) is 35.9 Å². The average Bonchev–Trinajstić information content (AvgIpc) is 3.50. The third-order valence-corrected chi connectivity index (χ3v) is 6.78. The third kappa shape index (κ3) is 5.37. The standard InChI is InChI=1S/C25H34N4O4/c1-16-12-24(2,3)15-25(13-16)22(32)29(23(33)28-25)14-20(30)27-19(21(31)26-18-9-10-18)11-17-7-5-4-6-8-17/h4-8,16,18-19H,9-15H2,1-3H3,(H,26,31)(H,27,30)(H,28,33). The number of nitrogens with one attached hydrogen (secondary N) is 3. The Labute approximate surface area is 194 Å². The molecule has 1 aromatic rings. The summed E-state index contributed by atoms with van der Waals surface area (Å²) in [5.74, 6) is -0.825. The Morgan fingerprint density at radius 2 is 1.85 bits per heavy atom. The molecule has 2 aliphatic carbocycles. The van der Waals surface area contributed by atoms with Crippen LogP contribution in [0, 0.1) is 11.3 Å². The maximum atomic E-state index is 13.3. The molecule has 3 aliphatic rings. The molecule has 178 valence electrons. The van der Waals surface area contributed by atoms with Gasteiger partial charge in [-0.05, 0) is 49.0 Å². The van der Waals surface area contributed by atoms with Gasteiger partial charge in [-0.25, -0.2) is 4.79 Å². The van der Waals surface area contributed by atoms with Crippen molar-refractivity contribution < 1.29 is 19.2 Å². The Morgan fingerprint density at radius 3 is 2.48 bits per heavy atom. The van der Waals surface area contributed by atoms with Gasteiger partial charge in [-0.2, -0.15) is 0 Å². The molecule has 1 aromatic carbocycles. The molecule has 8 nitrogen and oxygen atoms in total. The summed E-state index contributed by atoms with van der Waals surface area (Å²) in [5, 5.41) is 8.58. The number of hydrogen-bond acceptors (Lipinski definition) is 4. The van der Waals surface area contributed by atoms with Gasteiger partial charge in [0.2, 0.25) is 11.8 Å². The molecule has 3 N–H and O–H groups in total. The van der Waals surface area contributed by atoms with Gasteiger partial charge < -0.3 is 16.0 Å². The first-order chi connectivity index (χ1) is 15.6. The molecule has 1 saturated heterocycles. The fourth-order valence-corrected chi connectivity index (χ4v) is 5.62. The number of rotatable bonds is 7. The summed E-state index contributed by atoms with van der Waals surface area (Å²) < 4.78 is 0. The van der Waals surface area contributed by atoms with E-state index in [9.17, 15) is 19.2 Å². The van der Waals surface area contributed by atoms with Gasteiger partial charge in [-0.15, -0.1) is 0 Å². The topological polar surface area (TPSA) is 108 Å². The summed E-state index contributed by atoms with van der Waals surface area (Å²) in [4.78, 5) is 52.7. The lowest BCUT2D eigenvalue weighted by Gasteiger charge is -2.43. The predicted molar refractivity (Wildman–Crippen MR) is 123 cm³/mol. The van der Waals surface area contributed by atoms with Gasteiger partial charge in [0.15, 0.2) is 0 Å². The van der Waals surface area contributed by atoms with Crippen LogP contribution in [0.5, 0.6) is 0 Å². The van der Waals surface area contributed by atoms with E-state index in [2.05, 4.69) is 36.7 Å². The molecule has 1 aliphatic heterocycles. The zero-order valence-electron chi connectivity index (χ0n) is 19.6. The number of benzene rings is 1. The largest absolute Gasteiger partial charge is 0.352 e. The molecule has 3 fully saturated rings. The van der Waals surface area contributed by atoms with Gasteiger partial charge in [-0.1, -0.05) is 51.1 Å². The van der Waals surface area contributed by atoms with Crippen LogP contribution < -0.4 is 16.0 Å². The third-order valence-electron chi connectivity index (χ3n) is 6.78. The van der Waals surface area contributed by atoms with E-state index in [1.165, 1.54) is 0 Å². The van der Waals surface area contributed by atoms with E-state index in [0.29, 0.717) is 19.3 Å². The van der Waals surface area contributed by atoms with E-state index in [-0.39, 0.29) is 29.2 Å². The van der Waals surface area contributed by atoms with E-state index >= 15 is 0 Å². The Bertz CT molecular complexity index is 943. The fourth-order valence-electron chi connectivity index (χ4n) is 5.62. The quantitative estimate of drug-likeness (QED) is 0.549. The van der Waals surface area contributed by atoms with Crippen LogP contribution in [0.15, 0.2) is 30.3 Å². The molecular formula is C25H34N4O4. The Hall–Kier alpha value is -2.90. The highest BCUT2D eigenvalue weighted by molar-refractivity contribution is 6.09. The van der Waals surface area contributed by atoms with E-state index in [4.69, 9.17) is 0 Å². The molecule has 0 bridgehead atoms. The van der Waals surface area contributed by atoms with Crippen LogP contribution in [-0.4, -0.2) is 52.8 Å². The second-order valence-corrected chi connectivity index (χ2v) is 10.9. The van der Waals surface area contributed by atoms with Gasteiger partial charge >= 0.3 is 6.03 Å². The summed E-state index contributed by atoms with van der Waals surface area (Å²) >= 11 is 0. The van der Waals surface area contributed by atoms with Crippen LogP contribution >= 0.6 is 0 Å².